The SMILES string of the molecule is CC(=O)N[C@@H](C)COC1CCC(Oc2nc3c(C)cc(OC4CCC4)cc3n2C)CC1. The van der Waals surface area contributed by atoms with Crippen LogP contribution in [-0.2, 0) is 16.6 Å². The summed E-state index contributed by atoms with van der Waals surface area (Å²) < 4.78 is 20.4. The molecule has 170 valence electrons. The molecule has 31 heavy (non-hydrogen) atoms. The highest BCUT2D eigenvalue weighted by Crippen LogP contribution is 2.32. The standard InChI is InChI=1S/C24H35N3O4/c1-15-12-21(30-19-6-5-7-19)13-22-23(15)26-24(27(22)4)31-20-10-8-18(9-11-20)29-14-16(2)25-17(3)28/h12-13,16,18-20H,5-11,14H2,1-4H3,(H,25,28)/t16-,18?,20?/m0/s1. The number of amides is 1. The molecule has 4 rings (SSSR count). The van der Waals surface area contributed by atoms with E-state index in [1.165, 1.54) is 13.3 Å². The van der Waals surface area contributed by atoms with Gasteiger partial charge in [0.25, 0.3) is 6.01 Å². The van der Waals surface area contributed by atoms with Crippen LogP contribution in [0.2, 0.25) is 0 Å². The first kappa shape index (κ1) is 21.9. The predicted octanol–water partition coefficient (Wildman–Crippen LogP) is 4.04. The monoisotopic (exact) mass is 429 g/mol. The second kappa shape index (κ2) is 9.47. The van der Waals surface area contributed by atoms with E-state index in [4.69, 9.17) is 19.2 Å². The summed E-state index contributed by atoms with van der Waals surface area (Å²) in [5, 5.41) is 2.86. The average Bonchev–Trinajstić information content (AvgIpc) is 3.00. The van der Waals surface area contributed by atoms with Crippen LogP contribution >= 0.6 is 0 Å². The molecule has 1 atom stereocenters. The Morgan fingerprint density at radius 1 is 1.13 bits per heavy atom. The number of nitrogens with one attached hydrogen (secondary N) is 1. The van der Waals surface area contributed by atoms with Crippen LogP contribution < -0.4 is 14.8 Å². The first-order valence-electron chi connectivity index (χ1n) is 11.6. The number of aromatic nitrogens is 2. The fourth-order valence-corrected chi connectivity index (χ4v) is 4.39. The summed E-state index contributed by atoms with van der Waals surface area (Å²) in [6, 6.07) is 4.87. The molecule has 7 nitrogen and oxygen atoms in total. The molecule has 2 aliphatic carbocycles. The minimum Gasteiger partial charge on any atom is -0.490 e. The van der Waals surface area contributed by atoms with Crippen molar-refractivity contribution in [3.05, 3.63) is 17.7 Å². The molecule has 0 aliphatic heterocycles. The zero-order valence-corrected chi connectivity index (χ0v) is 19.1. The molecule has 1 aromatic heterocycles. The molecule has 1 amide bonds. The van der Waals surface area contributed by atoms with E-state index < -0.39 is 0 Å². The number of imidazole rings is 1. The molecule has 1 aromatic carbocycles. The van der Waals surface area contributed by atoms with Crippen molar-refractivity contribution >= 4 is 16.9 Å². The Morgan fingerprint density at radius 2 is 1.81 bits per heavy atom. The van der Waals surface area contributed by atoms with Gasteiger partial charge in [0.05, 0.1) is 29.8 Å². The van der Waals surface area contributed by atoms with E-state index >= 15 is 0 Å². The van der Waals surface area contributed by atoms with Crippen LogP contribution in [0.25, 0.3) is 11.0 Å². The quantitative estimate of drug-likeness (QED) is 0.685. The number of fused-ring (bicyclic) bond motifs is 1. The highest BCUT2D eigenvalue weighted by Gasteiger charge is 2.26. The molecular weight excluding hydrogens is 394 g/mol. The molecule has 2 saturated carbocycles. The average molecular weight is 430 g/mol. The third-order valence-electron chi connectivity index (χ3n) is 6.39. The minimum absolute atomic E-state index is 0.0207. The number of hydrogen-bond donors (Lipinski definition) is 1. The molecule has 0 unspecified atom stereocenters. The van der Waals surface area contributed by atoms with Gasteiger partial charge < -0.3 is 19.5 Å². The number of carbonyl (C=O) groups excluding carboxylic acids is 1. The maximum atomic E-state index is 11.1. The van der Waals surface area contributed by atoms with Crippen molar-refractivity contribution in [1.82, 2.24) is 14.9 Å². The lowest BCUT2D eigenvalue weighted by atomic mass is 9.95. The van der Waals surface area contributed by atoms with Gasteiger partial charge in [0, 0.05) is 26.1 Å². The summed E-state index contributed by atoms with van der Waals surface area (Å²) in [6.45, 7) is 6.12. The number of carbonyl (C=O) groups is 1. The second-order valence-corrected chi connectivity index (χ2v) is 9.18. The minimum atomic E-state index is -0.0207. The molecule has 0 bridgehead atoms. The maximum absolute atomic E-state index is 11.1. The Bertz CT molecular complexity index is 913. The normalized spacial score (nSPS) is 22.7. The highest BCUT2D eigenvalue weighted by molar-refractivity contribution is 5.82. The summed E-state index contributed by atoms with van der Waals surface area (Å²) in [4.78, 5) is 15.9. The lowest BCUT2D eigenvalue weighted by Crippen LogP contribution is -2.37. The van der Waals surface area contributed by atoms with Crippen LogP contribution in [0.4, 0.5) is 0 Å². The molecule has 0 radical (unpaired) electrons. The number of nitrogens with zero attached hydrogens (tertiary/aromatic N) is 2. The third-order valence-corrected chi connectivity index (χ3v) is 6.39. The van der Waals surface area contributed by atoms with Gasteiger partial charge in [0.1, 0.15) is 11.9 Å². The van der Waals surface area contributed by atoms with E-state index in [1.807, 2.05) is 18.5 Å². The van der Waals surface area contributed by atoms with Crippen molar-refractivity contribution in [2.24, 2.45) is 7.05 Å². The number of rotatable bonds is 8. The molecule has 1 heterocycles. The van der Waals surface area contributed by atoms with E-state index in [0.29, 0.717) is 18.7 Å². The molecule has 2 aromatic rings. The molecule has 2 aliphatic rings. The summed E-state index contributed by atoms with van der Waals surface area (Å²) in [5.41, 5.74) is 3.14. The highest BCUT2D eigenvalue weighted by atomic mass is 16.5. The van der Waals surface area contributed by atoms with Crippen LogP contribution in [-0.4, -0.2) is 46.4 Å². The number of benzene rings is 1. The van der Waals surface area contributed by atoms with Crippen molar-refractivity contribution in [3.8, 4) is 11.8 Å². The Labute approximate surface area is 184 Å². The summed E-state index contributed by atoms with van der Waals surface area (Å²) in [7, 11) is 2.01. The van der Waals surface area contributed by atoms with E-state index in [2.05, 4.69) is 24.4 Å². The number of ether oxygens (including phenoxy) is 3. The van der Waals surface area contributed by atoms with Gasteiger partial charge in [0.15, 0.2) is 0 Å². The molecule has 1 N–H and O–H groups in total. The zero-order valence-electron chi connectivity index (χ0n) is 19.1. The lowest BCUT2D eigenvalue weighted by Gasteiger charge is -2.29. The van der Waals surface area contributed by atoms with Gasteiger partial charge in [-0.05, 0) is 70.4 Å². The predicted molar refractivity (Wildman–Crippen MR) is 120 cm³/mol. The van der Waals surface area contributed by atoms with Gasteiger partial charge in [-0.25, -0.2) is 0 Å². The fourth-order valence-electron chi connectivity index (χ4n) is 4.39. The van der Waals surface area contributed by atoms with E-state index in [-0.39, 0.29) is 24.2 Å². The zero-order chi connectivity index (χ0) is 22.0. The van der Waals surface area contributed by atoms with Crippen molar-refractivity contribution in [2.75, 3.05) is 6.61 Å². The van der Waals surface area contributed by atoms with Gasteiger partial charge in [-0.2, -0.15) is 4.98 Å². The number of hydrogen-bond acceptors (Lipinski definition) is 5. The maximum Gasteiger partial charge on any atom is 0.297 e. The van der Waals surface area contributed by atoms with Crippen molar-refractivity contribution in [2.45, 2.75) is 90.1 Å². The van der Waals surface area contributed by atoms with Crippen LogP contribution in [0.5, 0.6) is 11.8 Å². The van der Waals surface area contributed by atoms with Crippen LogP contribution in [0.15, 0.2) is 12.1 Å². The molecule has 7 heteroatoms. The van der Waals surface area contributed by atoms with Crippen LogP contribution in [0.3, 0.4) is 0 Å². The Hall–Kier alpha value is -2.28. The van der Waals surface area contributed by atoms with E-state index in [1.54, 1.807) is 0 Å². The van der Waals surface area contributed by atoms with Gasteiger partial charge >= 0.3 is 0 Å². The molecule has 0 spiro atoms. The molecule has 0 saturated heterocycles. The third kappa shape index (κ3) is 5.32. The topological polar surface area (TPSA) is 74.6 Å². The van der Waals surface area contributed by atoms with Crippen LogP contribution in [0, 0.1) is 6.92 Å². The van der Waals surface area contributed by atoms with Crippen molar-refractivity contribution in [1.29, 1.82) is 0 Å². The van der Waals surface area contributed by atoms with Crippen molar-refractivity contribution < 1.29 is 19.0 Å². The first-order chi connectivity index (χ1) is 14.9. The van der Waals surface area contributed by atoms with E-state index in [0.717, 1.165) is 60.9 Å². The second-order valence-electron chi connectivity index (χ2n) is 9.18. The van der Waals surface area contributed by atoms with Gasteiger partial charge in [-0.1, -0.05) is 0 Å². The van der Waals surface area contributed by atoms with Gasteiger partial charge in [-0.3, -0.25) is 9.36 Å². The van der Waals surface area contributed by atoms with Gasteiger partial charge in [0.2, 0.25) is 5.91 Å². The Morgan fingerprint density at radius 3 is 2.45 bits per heavy atom. The van der Waals surface area contributed by atoms with Crippen LogP contribution in [0.1, 0.15) is 64.4 Å². The summed E-state index contributed by atoms with van der Waals surface area (Å²) >= 11 is 0. The fraction of sp³-hybridized carbons (Fsp3) is 0.667. The Balaban J connectivity index is 1.33. The largest absolute Gasteiger partial charge is 0.490 e. The summed E-state index contributed by atoms with van der Waals surface area (Å²) in [6.07, 6.45) is 8.09. The van der Waals surface area contributed by atoms with E-state index in [9.17, 15) is 4.79 Å². The lowest BCUT2D eigenvalue weighted by molar-refractivity contribution is -0.120. The van der Waals surface area contributed by atoms with Gasteiger partial charge in [-0.15, -0.1) is 0 Å². The molecule has 2 fully saturated rings. The van der Waals surface area contributed by atoms with Crippen molar-refractivity contribution in [3.63, 3.8) is 0 Å². The summed E-state index contributed by atoms with van der Waals surface area (Å²) in [5.74, 6) is 0.906. The molecular formula is C24H35N3O4. The Kier molecular flexibility index (Phi) is 6.70. The smallest absolute Gasteiger partial charge is 0.297 e. The number of aryl methyl sites for hydroxylation is 2. The first-order valence-corrected chi connectivity index (χ1v) is 11.6.